The fourth-order valence-corrected chi connectivity index (χ4v) is 5.00. The molecule has 0 saturated carbocycles. The predicted molar refractivity (Wildman–Crippen MR) is 160 cm³/mol. The normalized spacial score (nSPS) is 14.2. The van der Waals surface area contributed by atoms with Crippen molar-refractivity contribution in [2.45, 2.75) is 33.6 Å². The third-order valence-corrected chi connectivity index (χ3v) is 7.11. The Labute approximate surface area is 219 Å². The van der Waals surface area contributed by atoms with E-state index in [2.05, 4.69) is 106 Å². The molecule has 0 fully saturated rings. The number of rotatable bonds is 6. The Morgan fingerprint density at radius 3 is 2.54 bits per heavy atom. The molecule has 184 valence electrons. The number of hydrogen-bond donors (Lipinski definition) is 1. The van der Waals surface area contributed by atoms with Gasteiger partial charge >= 0.3 is 0 Å². The second-order valence-electron chi connectivity index (χ2n) is 9.81. The van der Waals surface area contributed by atoms with Crippen LogP contribution in [0, 0.1) is 6.92 Å². The molecule has 1 heterocycles. The summed E-state index contributed by atoms with van der Waals surface area (Å²) in [6.45, 7) is 10.2. The molecular weight excluding hydrogens is 450 g/mol. The lowest BCUT2D eigenvalue weighted by atomic mass is 9.93. The van der Waals surface area contributed by atoms with Crippen LogP contribution in [0.15, 0.2) is 113 Å². The average molecular weight is 484 g/mol. The van der Waals surface area contributed by atoms with Gasteiger partial charge in [-0.15, -0.1) is 0 Å². The van der Waals surface area contributed by atoms with Gasteiger partial charge in [0.15, 0.2) is 0 Å². The van der Waals surface area contributed by atoms with Crippen LogP contribution in [0.3, 0.4) is 0 Å². The number of hydrogen-bond acceptors (Lipinski definition) is 2. The van der Waals surface area contributed by atoms with Crippen LogP contribution in [-0.4, -0.2) is 0 Å². The number of para-hydroxylation sites is 1. The van der Waals surface area contributed by atoms with E-state index in [9.17, 15) is 0 Å². The standard InChI is InChI=1S/C35H33NO/c1-5-6-16-34-25(4)31-14-9-15-32(35(31)37-34)29-13-8-12-27(21-29)28-17-18-30(33(36)22-28)20-24(3)26-11-7-10-23(2)19-26/h5-6,8-9,11-22H,1,7,10,36H2,2-4H3/b16-6-,24-20+. The van der Waals surface area contributed by atoms with Crippen molar-refractivity contribution in [2.75, 3.05) is 5.73 Å². The first-order chi connectivity index (χ1) is 17.9. The number of aryl methyl sites for hydroxylation is 1. The number of benzene rings is 3. The largest absolute Gasteiger partial charge is 0.456 e. The Balaban J connectivity index is 1.49. The van der Waals surface area contributed by atoms with E-state index in [0.29, 0.717) is 0 Å². The Kier molecular flexibility index (Phi) is 6.83. The van der Waals surface area contributed by atoms with Crippen molar-refractivity contribution in [2.24, 2.45) is 0 Å². The highest BCUT2D eigenvalue weighted by atomic mass is 16.3. The number of allylic oxidation sites excluding steroid dienone is 7. The highest BCUT2D eigenvalue weighted by Crippen LogP contribution is 2.36. The maximum absolute atomic E-state index is 6.54. The first kappa shape index (κ1) is 24.4. The third-order valence-electron chi connectivity index (χ3n) is 7.11. The molecule has 0 saturated heterocycles. The molecule has 0 amide bonds. The first-order valence-corrected chi connectivity index (χ1v) is 12.8. The van der Waals surface area contributed by atoms with Gasteiger partial charge in [-0.25, -0.2) is 0 Å². The van der Waals surface area contributed by atoms with E-state index < -0.39 is 0 Å². The number of nitrogen functional groups attached to an aromatic ring is 1. The van der Waals surface area contributed by atoms with Gasteiger partial charge in [-0.2, -0.15) is 0 Å². The van der Waals surface area contributed by atoms with Crippen molar-refractivity contribution in [1.29, 1.82) is 0 Å². The van der Waals surface area contributed by atoms with Gasteiger partial charge < -0.3 is 10.2 Å². The monoisotopic (exact) mass is 483 g/mol. The van der Waals surface area contributed by atoms with Crippen LogP contribution in [-0.2, 0) is 0 Å². The molecule has 0 bridgehead atoms. The number of furan rings is 1. The quantitative estimate of drug-likeness (QED) is 0.219. The third kappa shape index (κ3) is 5.01. The van der Waals surface area contributed by atoms with Crippen LogP contribution in [0.2, 0.25) is 0 Å². The van der Waals surface area contributed by atoms with Crippen molar-refractivity contribution < 1.29 is 4.42 Å². The summed E-state index contributed by atoms with van der Waals surface area (Å²) < 4.78 is 6.29. The van der Waals surface area contributed by atoms with Crippen LogP contribution in [0.4, 0.5) is 5.69 Å². The van der Waals surface area contributed by atoms with Crippen LogP contribution < -0.4 is 5.73 Å². The SMILES string of the molecule is C=C/C=C\c1oc2c(-c3cccc(-c4ccc(/C=C(\C)C5=CCCC(C)=C5)c(N)c4)c3)cccc2c1C. The molecule has 4 aromatic rings. The van der Waals surface area contributed by atoms with Crippen molar-refractivity contribution in [3.63, 3.8) is 0 Å². The van der Waals surface area contributed by atoms with E-state index in [1.807, 2.05) is 12.2 Å². The number of fused-ring (bicyclic) bond motifs is 1. The molecule has 2 nitrogen and oxygen atoms in total. The fourth-order valence-electron chi connectivity index (χ4n) is 5.00. The van der Waals surface area contributed by atoms with Crippen molar-refractivity contribution in [1.82, 2.24) is 0 Å². The van der Waals surface area contributed by atoms with Gasteiger partial charge in [0.2, 0.25) is 0 Å². The van der Waals surface area contributed by atoms with Gasteiger partial charge in [-0.05, 0) is 91.3 Å². The summed E-state index contributed by atoms with van der Waals surface area (Å²) in [5, 5.41) is 1.13. The van der Waals surface area contributed by atoms with E-state index in [1.165, 1.54) is 16.7 Å². The molecule has 3 aromatic carbocycles. The Morgan fingerprint density at radius 2 is 1.76 bits per heavy atom. The van der Waals surface area contributed by atoms with E-state index >= 15 is 0 Å². The zero-order chi connectivity index (χ0) is 25.9. The second kappa shape index (κ2) is 10.4. The lowest BCUT2D eigenvalue weighted by Gasteiger charge is -2.12. The molecule has 0 radical (unpaired) electrons. The summed E-state index contributed by atoms with van der Waals surface area (Å²) >= 11 is 0. The van der Waals surface area contributed by atoms with Crippen molar-refractivity contribution in [3.8, 4) is 22.3 Å². The molecule has 37 heavy (non-hydrogen) atoms. The van der Waals surface area contributed by atoms with Gasteiger partial charge in [0, 0.05) is 22.2 Å². The molecular formula is C35H33NO. The molecule has 0 unspecified atom stereocenters. The lowest BCUT2D eigenvalue weighted by molar-refractivity contribution is 0.602. The number of nitrogens with two attached hydrogens (primary N) is 1. The summed E-state index contributed by atoms with van der Waals surface area (Å²) in [5.41, 5.74) is 18.8. The summed E-state index contributed by atoms with van der Waals surface area (Å²) in [4.78, 5) is 0. The van der Waals surface area contributed by atoms with E-state index in [1.54, 1.807) is 6.08 Å². The summed E-state index contributed by atoms with van der Waals surface area (Å²) in [7, 11) is 0. The highest BCUT2D eigenvalue weighted by Gasteiger charge is 2.14. The molecule has 1 aromatic heterocycles. The van der Waals surface area contributed by atoms with E-state index in [-0.39, 0.29) is 0 Å². The average Bonchev–Trinajstić information content (AvgIpc) is 3.24. The van der Waals surface area contributed by atoms with Crippen molar-refractivity contribution >= 4 is 28.8 Å². The molecule has 0 spiro atoms. The summed E-state index contributed by atoms with van der Waals surface area (Å²) in [5.74, 6) is 0.861. The van der Waals surface area contributed by atoms with Crippen LogP contribution in [0.25, 0.3) is 45.4 Å². The molecule has 1 aliphatic rings. The molecule has 0 aliphatic heterocycles. The molecule has 5 rings (SSSR count). The minimum atomic E-state index is 0.779. The second-order valence-corrected chi connectivity index (χ2v) is 9.81. The lowest BCUT2D eigenvalue weighted by Crippen LogP contribution is -1.94. The van der Waals surface area contributed by atoms with Gasteiger partial charge in [0.25, 0.3) is 0 Å². The Hall–Kier alpha value is -4.30. The number of anilines is 1. The Bertz CT molecular complexity index is 1620. The van der Waals surface area contributed by atoms with Gasteiger partial charge in [0.05, 0.1) is 0 Å². The maximum Gasteiger partial charge on any atom is 0.142 e. The Morgan fingerprint density at radius 1 is 0.973 bits per heavy atom. The zero-order valence-electron chi connectivity index (χ0n) is 21.8. The van der Waals surface area contributed by atoms with E-state index in [0.717, 1.165) is 68.6 Å². The molecule has 0 atom stereocenters. The molecule has 1 aliphatic carbocycles. The zero-order valence-corrected chi connectivity index (χ0v) is 21.8. The minimum Gasteiger partial charge on any atom is -0.456 e. The van der Waals surface area contributed by atoms with Crippen LogP contribution in [0.5, 0.6) is 0 Å². The fraction of sp³-hybridized carbons (Fsp3) is 0.143. The van der Waals surface area contributed by atoms with Gasteiger partial charge in [-0.1, -0.05) is 85.0 Å². The smallest absolute Gasteiger partial charge is 0.142 e. The maximum atomic E-state index is 6.54. The molecule has 2 N–H and O–H groups in total. The highest BCUT2D eigenvalue weighted by molar-refractivity contribution is 5.96. The minimum absolute atomic E-state index is 0.779. The van der Waals surface area contributed by atoms with Crippen molar-refractivity contribution in [3.05, 3.63) is 125 Å². The first-order valence-electron chi connectivity index (χ1n) is 12.8. The summed E-state index contributed by atoms with van der Waals surface area (Å²) in [6.07, 6.45) is 14.7. The summed E-state index contributed by atoms with van der Waals surface area (Å²) in [6, 6.07) is 21.2. The van der Waals surface area contributed by atoms with Gasteiger partial charge in [0.1, 0.15) is 11.3 Å². The predicted octanol–water partition coefficient (Wildman–Crippen LogP) is 9.93. The van der Waals surface area contributed by atoms with Gasteiger partial charge in [-0.3, -0.25) is 0 Å². The van der Waals surface area contributed by atoms with E-state index in [4.69, 9.17) is 10.2 Å². The van der Waals surface area contributed by atoms with Crippen LogP contribution >= 0.6 is 0 Å². The molecule has 2 heteroatoms. The topological polar surface area (TPSA) is 39.2 Å². The van der Waals surface area contributed by atoms with Crippen LogP contribution in [0.1, 0.15) is 43.6 Å².